The van der Waals surface area contributed by atoms with Gasteiger partial charge < -0.3 is 13.9 Å². The Balaban J connectivity index is 1.66. The van der Waals surface area contributed by atoms with E-state index >= 15 is 0 Å². The highest BCUT2D eigenvalue weighted by atomic mass is 16.7. The second-order valence-corrected chi connectivity index (χ2v) is 10.4. The Hall–Kier alpha value is -2.82. The van der Waals surface area contributed by atoms with Gasteiger partial charge in [-0.3, -0.25) is 0 Å². The van der Waals surface area contributed by atoms with E-state index in [0.29, 0.717) is 0 Å². The van der Waals surface area contributed by atoms with E-state index in [-0.39, 0.29) is 23.9 Å². The predicted octanol–water partition coefficient (Wildman–Crippen LogP) is 6.06. The third-order valence-corrected chi connectivity index (χ3v) is 7.71. The van der Waals surface area contributed by atoms with Crippen LogP contribution >= 0.6 is 0 Å². The summed E-state index contributed by atoms with van der Waals surface area (Å²) in [6.45, 7) is 12.9. The minimum absolute atomic E-state index is 0.346. The molecule has 0 radical (unpaired) electrons. The summed E-state index contributed by atoms with van der Waals surface area (Å²) < 4.78 is 15.1. The van der Waals surface area contributed by atoms with Crippen LogP contribution in [0.3, 0.4) is 0 Å². The van der Waals surface area contributed by atoms with Crippen molar-refractivity contribution in [3.63, 3.8) is 0 Å². The van der Waals surface area contributed by atoms with E-state index in [9.17, 15) is 0 Å². The maximum absolute atomic E-state index is 6.32. The molecule has 4 heteroatoms. The highest BCUT2D eigenvalue weighted by molar-refractivity contribution is 6.62. The molecule has 1 aliphatic heterocycles. The van der Waals surface area contributed by atoms with Crippen molar-refractivity contribution in [1.82, 2.24) is 4.57 Å². The fourth-order valence-corrected chi connectivity index (χ4v) is 4.88. The molecule has 2 heterocycles. The molecule has 1 aliphatic rings. The number of hydrogen-bond donors (Lipinski definition) is 0. The van der Waals surface area contributed by atoms with Crippen LogP contribution in [0, 0.1) is 6.92 Å². The van der Waals surface area contributed by atoms with Crippen LogP contribution < -0.4 is 5.46 Å². The van der Waals surface area contributed by atoms with Crippen molar-refractivity contribution < 1.29 is 9.31 Å². The van der Waals surface area contributed by atoms with Gasteiger partial charge in [-0.05, 0) is 69.8 Å². The molecule has 0 atom stereocenters. The van der Waals surface area contributed by atoms with Crippen molar-refractivity contribution in [2.24, 2.45) is 0 Å². The van der Waals surface area contributed by atoms with Crippen LogP contribution in [0.1, 0.15) is 51.3 Å². The Kier molecular flexibility index (Phi) is 5.08. The molecule has 168 valence electrons. The van der Waals surface area contributed by atoms with E-state index in [4.69, 9.17) is 9.31 Å². The highest BCUT2D eigenvalue weighted by Crippen LogP contribution is 2.39. The first-order valence-corrected chi connectivity index (χ1v) is 11.7. The zero-order valence-electron chi connectivity index (χ0n) is 20.4. The standard InChI is InChI=1S/C29H32BNO2/c1-21-20-31(29(6,22-13-9-7-10-14-22)23-15-11-8-12-16-23)26-18-17-24(19-25(21)26)30-32-27(2,3)28(4,5)33-30/h7-20H,1-6H3. The van der Waals surface area contributed by atoms with Crippen LogP contribution in [0.2, 0.25) is 0 Å². The van der Waals surface area contributed by atoms with E-state index in [1.54, 1.807) is 0 Å². The second-order valence-electron chi connectivity index (χ2n) is 10.4. The molecule has 0 aliphatic carbocycles. The fraction of sp³-hybridized carbons (Fsp3) is 0.310. The van der Waals surface area contributed by atoms with E-state index < -0.39 is 0 Å². The van der Waals surface area contributed by atoms with Crippen molar-refractivity contribution in [1.29, 1.82) is 0 Å². The van der Waals surface area contributed by atoms with Gasteiger partial charge in [0, 0.05) is 17.1 Å². The number of fused-ring (bicyclic) bond motifs is 1. The maximum Gasteiger partial charge on any atom is 0.494 e. The van der Waals surface area contributed by atoms with Gasteiger partial charge >= 0.3 is 7.12 Å². The number of aromatic nitrogens is 1. The molecule has 3 aromatic carbocycles. The Morgan fingerprint density at radius 2 is 1.27 bits per heavy atom. The van der Waals surface area contributed by atoms with Crippen molar-refractivity contribution in [2.75, 3.05) is 0 Å². The Morgan fingerprint density at radius 3 is 1.79 bits per heavy atom. The number of hydrogen-bond acceptors (Lipinski definition) is 2. The summed E-state index contributed by atoms with van der Waals surface area (Å²) in [5, 5.41) is 1.22. The summed E-state index contributed by atoms with van der Waals surface area (Å²) in [7, 11) is -0.364. The van der Waals surface area contributed by atoms with Gasteiger partial charge in [0.25, 0.3) is 0 Å². The quantitative estimate of drug-likeness (QED) is 0.362. The molecule has 0 saturated carbocycles. The highest BCUT2D eigenvalue weighted by Gasteiger charge is 2.51. The zero-order chi connectivity index (χ0) is 23.4. The van der Waals surface area contributed by atoms with Gasteiger partial charge in [0.15, 0.2) is 0 Å². The largest absolute Gasteiger partial charge is 0.494 e. The Labute approximate surface area is 197 Å². The summed E-state index contributed by atoms with van der Waals surface area (Å²) in [5.41, 5.74) is 4.94. The molecular weight excluding hydrogens is 405 g/mol. The van der Waals surface area contributed by atoms with Crippen molar-refractivity contribution in [3.8, 4) is 0 Å². The minimum Gasteiger partial charge on any atom is -0.399 e. The van der Waals surface area contributed by atoms with Gasteiger partial charge in [0.1, 0.15) is 0 Å². The molecule has 0 unspecified atom stereocenters. The third kappa shape index (κ3) is 3.44. The van der Waals surface area contributed by atoms with Gasteiger partial charge in [-0.1, -0.05) is 72.8 Å². The predicted molar refractivity (Wildman–Crippen MR) is 137 cm³/mol. The molecule has 5 rings (SSSR count). The van der Waals surface area contributed by atoms with Gasteiger partial charge in [-0.15, -0.1) is 0 Å². The summed E-state index contributed by atoms with van der Waals surface area (Å²) >= 11 is 0. The van der Waals surface area contributed by atoms with Crippen LogP contribution in [-0.4, -0.2) is 22.9 Å². The number of aryl methyl sites for hydroxylation is 1. The first-order chi connectivity index (χ1) is 15.6. The summed E-state index contributed by atoms with van der Waals surface area (Å²) in [4.78, 5) is 0. The molecule has 0 N–H and O–H groups in total. The first kappa shape index (κ1) is 22.0. The van der Waals surface area contributed by atoms with Gasteiger partial charge in [0.2, 0.25) is 0 Å². The van der Waals surface area contributed by atoms with Gasteiger partial charge in [-0.25, -0.2) is 0 Å². The maximum atomic E-state index is 6.32. The van der Waals surface area contributed by atoms with Crippen LogP contribution in [0.15, 0.2) is 85.1 Å². The first-order valence-electron chi connectivity index (χ1n) is 11.7. The molecule has 0 amide bonds. The molecule has 1 saturated heterocycles. The lowest BCUT2D eigenvalue weighted by Crippen LogP contribution is -2.41. The third-order valence-electron chi connectivity index (χ3n) is 7.71. The molecule has 1 fully saturated rings. The van der Waals surface area contributed by atoms with Gasteiger partial charge in [0.05, 0.1) is 16.7 Å². The normalized spacial score (nSPS) is 17.6. The van der Waals surface area contributed by atoms with E-state index in [0.717, 1.165) is 5.46 Å². The molecule has 0 spiro atoms. The summed E-state index contributed by atoms with van der Waals surface area (Å²) in [5.74, 6) is 0. The molecular formula is C29H32BNO2. The van der Waals surface area contributed by atoms with Crippen molar-refractivity contribution >= 4 is 23.5 Å². The Morgan fingerprint density at radius 1 is 0.758 bits per heavy atom. The van der Waals surface area contributed by atoms with Crippen LogP contribution in [-0.2, 0) is 14.8 Å². The number of benzene rings is 3. The van der Waals surface area contributed by atoms with Crippen LogP contribution in [0.25, 0.3) is 10.9 Å². The van der Waals surface area contributed by atoms with E-state index in [1.807, 2.05) is 0 Å². The average Bonchev–Trinajstić information content (AvgIpc) is 3.26. The summed E-state index contributed by atoms with van der Waals surface area (Å²) in [6, 6.07) is 28.1. The second kappa shape index (κ2) is 7.61. The molecule has 33 heavy (non-hydrogen) atoms. The lowest BCUT2D eigenvalue weighted by Gasteiger charge is -2.34. The monoisotopic (exact) mass is 437 g/mol. The molecule has 3 nitrogen and oxygen atoms in total. The molecule has 0 bridgehead atoms. The number of rotatable bonds is 4. The van der Waals surface area contributed by atoms with Gasteiger partial charge in [-0.2, -0.15) is 0 Å². The lowest BCUT2D eigenvalue weighted by molar-refractivity contribution is 0.00578. The smallest absolute Gasteiger partial charge is 0.399 e. The lowest BCUT2D eigenvalue weighted by atomic mass is 9.78. The van der Waals surface area contributed by atoms with Crippen LogP contribution in [0.5, 0.6) is 0 Å². The fourth-order valence-electron chi connectivity index (χ4n) is 4.88. The molecule has 4 aromatic rings. The SMILES string of the molecule is Cc1cn(C(C)(c2ccccc2)c2ccccc2)c2ccc(B3OC(C)(C)C(C)(C)O3)cc12. The summed E-state index contributed by atoms with van der Waals surface area (Å²) in [6.07, 6.45) is 2.28. The number of nitrogens with zero attached hydrogens (tertiary/aromatic N) is 1. The van der Waals surface area contributed by atoms with Crippen molar-refractivity contribution in [2.45, 2.75) is 58.3 Å². The topological polar surface area (TPSA) is 23.4 Å². The van der Waals surface area contributed by atoms with Crippen molar-refractivity contribution in [3.05, 3.63) is 102 Å². The van der Waals surface area contributed by atoms with E-state index in [1.165, 1.54) is 27.6 Å². The van der Waals surface area contributed by atoms with Crippen LogP contribution in [0.4, 0.5) is 0 Å². The minimum atomic E-state index is -0.364. The zero-order valence-corrected chi connectivity index (χ0v) is 20.4. The average molecular weight is 437 g/mol. The van der Waals surface area contributed by atoms with E-state index in [2.05, 4.69) is 131 Å². The Bertz CT molecular complexity index is 1240. The molecule has 1 aromatic heterocycles.